The lowest BCUT2D eigenvalue weighted by Crippen LogP contribution is -2.36. The molecule has 11 heavy (non-hydrogen) atoms. The fourth-order valence-electron chi connectivity index (χ4n) is 0.204. The Balaban J connectivity index is 4.74. The molecule has 66 valence electrons. The van der Waals surface area contributed by atoms with E-state index in [9.17, 15) is 26.3 Å². The Morgan fingerprint density at radius 1 is 1.09 bits per heavy atom. The fourth-order valence-corrected chi connectivity index (χ4v) is 0.595. The first-order valence-electron chi connectivity index (χ1n) is 2.14. The molecule has 0 saturated carbocycles. The van der Waals surface area contributed by atoms with E-state index < -0.39 is 17.9 Å². The molecule has 0 N–H and O–H groups in total. The first kappa shape index (κ1) is 11.1. The third-order valence-electron chi connectivity index (χ3n) is 0.752. The predicted molar refractivity (Wildman–Crippen MR) is 34.2 cm³/mol. The molecule has 0 unspecified atom stereocenters. The topological polar surface area (TPSA) is 0 Å². The Labute approximate surface area is 71.4 Å². The zero-order valence-electron chi connectivity index (χ0n) is 4.72. The van der Waals surface area contributed by atoms with Crippen molar-refractivity contribution < 1.29 is 26.3 Å². The normalized spacial score (nSPS) is 15.4. The van der Waals surface area contributed by atoms with Gasteiger partial charge < -0.3 is 0 Å². The molecule has 0 saturated heterocycles. The fraction of sp³-hybridized carbons (Fsp3) is 0.500. The first-order chi connectivity index (χ1) is 4.73. The van der Waals surface area contributed by atoms with Crippen molar-refractivity contribution in [1.29, 1.82) is 0 Å². The van der Waals surface area contributed by atoms with E-state index in [0.29, 0.717) is 0 Å². The molecule has 0 fully saturated rings. The van der Waals surface area contributed by atoms with Gasteiger partial charge in [0.05, 0.1) is 0 Å². The second-order valence-corrected chi connectivity index (χ2v) is 2.15. The molecule has 0 atom stereocenters. The van der Waals surface area contributed by atoms with Crippen LogP contribution in [0.4, 0.5) is 26.3 Å². The number of rotatable bonds is 1. The third-order valence-corrected chi connectivity index (χ3v) is 1.30. The summed E-state index contributed by atoms with van der Waals surface area (Å²) >= 11 is 0.962. The molecule has 0 spiro atoms. The Bertz CT molecular complexity index is 168. The van der Waals surface area contributed by atoms with Gasteiger partial charge in [-0.05, 0) is 22.6 Å². The SMILES string of the molecule is F/C(=C\I)C(F)(F)C(F)(F)F. The molecule has 0 aromatic heterocycles. The van der Waals surface area contributed by atoms with Gasteiger partial charge >= 0.3 is 12.1 Å². The summed E-state index contributed by atoms with van der Waals surface area (Å²) in [6, 6.07) is 0. The van der Waals surface area contributed by atoms with Gasteiger partial charge in [-0.2, -0.15) is 22.0 Å². The van der Waals surface area contributed by atoms with Crippen molar-refractivity contribution in [2.75, 3.05) is 0 Å². The number of hydrogen-bond donors (Lipinski definition) is 0. The molecule has 0 aromatic rings. The van der Waals surface area contributed by atoms with Gasteiger partial charge in [0.15, 0.2) is 5.83 Å². The maximum absolute atomic E-state index is 11.8. The van der Waals surface area contributed by atoms with Crippen LogP contribution in [0.25, 0.3) is 0 Å². The van der Waals surface area contributed by atoms with Crippen molar-refractivity contribution in [1.82, 2.24) is 0 Å². The maximum atomic E-state index is 11.8. The highest BCUT2D eigenvalue weighted by Crippen LogP contribution is 2.41. The summed E-state index contributed by atoms with van der Waals surface area (Å²) in [5.74, 6) is -7.86. The number of allylic oxidation sites excluding steroid dienone is 1. The van der Waals surface area contributed by atoms with Crippen LogP contribution in [0.5, 0.6) is 0 Å². The molecular formula is C4HF6I. The van der Waals surface area contributed by atoms with E-state index in [-0.39, 0.29) is 4.08 Å². The van der Waals surface area contributed by atoms with E-state index in [1.807, 2.05) is 0 Å². The quantitative estimate of drug-likeness (QED) is 0.512. The average molecular weight is 290 g/mol. The van der Waals surface area contributed by atoms with E-state index in [4.69, 9.17) is 0 Å². The summed E-state index contributed by atoms with van der Waals surface area (Å²) in [4.78, 5) is 0. The summed E-state index contributed by atoms with van der Waals surface area (Å²) < 4.78 is 69.0. The van der Waals surface area contributed by atoms with Crippen LogP contribution in [0.2, 0.25) is 0 Å². The minimum absolute atomic E-state index is 0.0469. The van der Waals surface area contributed by atoms with E-state index in [2.05, 4.69) is 0 Å². The number of alkyl halides is 5. The molecule has 0 bridgehead atoms. The maximum Gasteiger partial charge on any atom is 0.460 e. The molecule has 0 radical (unpaired) electrons. The highest BCUT2D eigenvalue weighted by molar-refractivity contribution is 14.1. The molecule has 0 amide bonds. The van der Waals surface area contributed by atoms with Gasteiger partial charge in [-0.1, -0.05) is 0 Å². The smallest absolute Gasteiger partial charge is 0.204 e. The van der Waals surface area contributed by atoms with Crippen LogP contribution in [0.3, 0.4) is 0 Å². The van der Waals surface area contributed by atoms with Crippen LogP contribution < -0.4 is 0 Å². The molecule has 0 aliphatic rings. The number of hydrogen-bond acceptors (Lipinski definition) is 0. The van der Waals surface area contributed by atoms with Crippen LogP contribution in [0.15, 0.2) is 9.91 Å². The van der Waals surface area contributed by atoms with Gasteiger partial charge in [-0.25, -0.2) is 4.39 Å². The van der Waals surface area contributed by atoms with Gasteiger partial charge in [-0.15, -0.1) is 0 Å². The predicted octanol–water partition coefficient (Wildman–Crippen LogP) is 3.43. The lowest BCUT2D eigenvalue weighted by atomic mass is 10.3. The van der Waals surface area contributed by atoms with E-state index >= 15 is 0 Å². The van der Waals surface area contributed by atoms with Crippen molar-refractivity contribution in [3.63, 3.8) is 0 Å². The first-order valence-corrected chi connectivity index (χ1v) is 3.39. The van der Waals surface area contributed by atoms with Crippen molar-refractivity contribution in [3.05, 3.63) is 9.91 Å². The van der Waals surface area contributed by atoms with Gasteiger partial charge in [0, 0.05) is 4.08 Å². The second-order valence-electron chi connectivity index (χ2n) is 1.53. The third kappa shape index (κ3) is 2.24. The average Bonchev–Trinajstić information content (AvgIpc) is 1.83. The van der Waals surface area contributed by atoms with Crippen molar-refractivity contribution in [2.45, 2.75) is 12.1 Å². The van der Waals surface area contributed by atoms with Gasteiger partial charge in [0.1, 0.15) is 0 Å². The Kier molecular flexibility index (Phi) is 3.21. The Morgan fingerprint density at radius 2 is 1.45 bits per heavy atom. The molecule has 0 nitrogen and oxygen atoms in total. The summed E-state index contributed by atoms with van der Waals surface area (Å²) in [5, 5.41) is 0. The zero-order valence-corrected chi connectivity index (χ0v) is 6.88. The minimum atomic E-state index is -5.86. The monoisotopic (exact) mass is 290 g/mol. The lowest BCUT2D eigenvalue weighted by Gasteiger charge is -2.16. The van der Waals surface area contributed by atoms with Gasteiger partial charge in [-0.3, -0.25) is 0 Å². The Morgan fingerprint density at radius 3 is 1.55 bits per heavy atom. The number of halogens is 7. The molecule has 0 rings (SSSR count). The molecule has 7 heteroatoms. The summed E-state index contributed by atoms with van der Waals surface area (Å²) in [5.41, 5.74) is 0. The summed E-state index contributed by atoms with van der Waals surface area (Å²) in [6.45, 7) is 0. The van der Waals surface area contributed by atoms with E-state index in [0.717, 1.165) is 22.6 Å². The van der Waals surface area contributed by atoms with Crippen LogP contribution in [0, 0.1) is 0 Å². The Hall–Kier alpha value is 0.0500. The van der Waals surface area contributed by atoms with Crippen LogP contribution >= 0.6 is 22.6 Å². The summed E-state index contributed by atoms with van der Waals surface area (Å²) in [7, 11) is 0. The van der Waals surface area contributed by atoms with Crippen LogP contribution in [-0.4, -0.2) is 12.1 Å². The molecule has 0 aromatic carbocycles. The highest BCUT2D eigenvalue weighted by Gasteiger charge is 2.61. The van der Waals surface area contributed by atoms with Crippen molar-refractivity contribution in [3.8, 4) is 0 Å². The largest absolute Gasteiger partial charge is 0.460 e. The van der Waals surface area contributed by atoms with Crippen molar-refractivity contribution in [2.24, 2.45) is 0 Å². The van der Waals surface area contributed by atoms with Crippen LogP contribution in [0.1, 0.15) is 0 Å². The summed E-state index contributed by atoms with van der Waals surface area (Å²) in [6.07, 6.45) is -5.86. The molecule has 0 aliphatic carbocycles. The lowest BCUT2D eigenvalue weighted by molar-refractivity contribution is -0.270. The van der Waals surface area contributed by atoms with Crippen molar-refractivity contribution >= 4 is 22.6 Å². The molecule has 0 aliphatic heterocycles. The zero-order chi connectivity index (χ0) is 9.28. The van der Waals surface area contributed by atoms with E-state index in [1.54, 1.807) is 0 Å². The molecule has 0 heterocycles. The van der Waals surface area contributed by atoms with Gasteiger partial charge in [0.2, 0.25) is 0 Å². The highest BCUT2D eigenvalue weighted by atomic mass is 127. The van der Waals surface area contributed by atoms with Crippen LogP contribution in [-0.2, 0) is 0 Å². The van der Waals surface area contributed by atoms with Gasteiger partial charge in [0.25, 0.3) is 0 Å². The standard InChI is InChI=1S/C4HF6I/c5-2(1-11)3(6,7)4(8,9)10/h1H/b2-1-. The van der Waals surface area contributed by atoms with E-state index in [1.165, 1.54) is 0 Å². The molecular weight excluding hydrogens is 289 g/mol. The minimum Gasteiger partial charge on any atom is -0.204 e. The second kappa shape index (κ2) is 3.20.